The Hall–Kier alpha value is -0.350. The lowest BCUT2D eigenvalue weighted by atomic mass is 10.2. The summed E-state index contributed by atoms with van der Waals surface area (Å²) in [6, 6.07) is 0.434. The third-order valence-electron chi connectivity index (χ3n) is 2.48. The second-order valence-electron chi connectivity index (χ2n) is 3.71. The molecule has 0 spiro atoms. The summed E-state index contributed by atoms with van der Waals surface area (Å²) in [7, 11) is 0. The van der Waals surface area contributed by atoms with Crippen LogP contribution in [-0.2, 0) is 0 Å². The molecule has 14 heavy (non-hydrogen) atoms. The van der Waals surface area contributed by atoms with Gasteiger partial charge in [0.05, 0.1) is 15.9 Å². The standard InChI is InChI=1S/C10H18BrN3/c1-7(5-4-6-12)14-9(3)10(11)8(2)13-14/h7H,4-6,12H2,1-3H3. The minimum Gasteiger partial charge on any atom is -0.330 e. The lowest BCUT2D eigenvalue weighted by Crippen LogP contribution is -2.11. The molecule has 0 amide bonds. The first kappa shape index (κ1) is 11.7. The average molecular weight is 260 g/mol. The number of rotatable bonds is 4. The largest absolute Gasteiger partial charge is 0.330 e. The van der Waals surface area contributed by atoms with Gasteiger partial charge in [-0.25, -0.2) is 0 Å². The SMILES string of the molecule is Cc1nn(C(C)CCCN)c(C)c1Br. The van der Waals surface area contributed by atoms with Gasteiger partial charge in [0.25, 0.3) is 0 Å². The van der Waals surface area contributed by atoms with Crippen molar-refractivity contribution in [2.24, 2.45) is 5.73 Å². The normalized spacial score (nSPS) is 13.2. The summed E-state index contributed by atoms with van der Waals surface area (Å²) >= 11 is 3.53. The van der Waals surface area contributed by atoms with Crippen molar-refractivity contribution in [3.8, 4) is 0 Å². The highest BCUT2D eigenvalue weighted by atomic mass is 79.9. The maximum absolute atomic E-state index is 5.49. The molecule has 1 aromatic rings. The lowest BCUT2D eigenvalue weighted by molar-refractivity contribution is 0.438. The molecule has 0 aromatic carbocycles. The maximum atomic E-state index is 5.49. The topological polar surface area (TPSA) is 43.8 Å². The van der Waals surface area contributed by atoms with Crippen LogP contribution < -0.4 is 5.73 Å². The molecule has 1 unspecified atom stereocenters. The molecule has 1 heterocycles. The van der Waals surface area contributed by atoms with Gasteiger partial charge < -0.3 is 5.73 Å². The number of nitrogens with two attached hydrogens (primary N) is 1. The van der Waals surface area contributed by atoms with Crippen molar-refractivity contribution in [1.82, 2.24) is 9.78 Å². The summed E-state index contributed by atoms with van der Waals surface area (Å²) in [4.78, 5) is 0. The molecule has 3 nitrogen and oxygen atoms in total. The van der Waals surface area contributed by atoms with Crippen molar-refractivity contribution in [1.29, 1.82) is 0 Å². The monoisotopic (exact) mass is 259 g/mol. The van der Waals surface area contributed by atoms with E-state index in [1.807, 2.05) is 6.92 Å². The molecule has 1 aromatic heterocycles. The zero-order valence-electron chi connectivity index (χ0n) is 9.05. The van der Waals surface area contributed by atoms with Gasteiger partial charge in [-0.05, 0) is 56.1 Å². The zero-order chi connectivity index (χ0) is 10.7. The number of hydrogen-bond acceptors (Lipinski definition) is 2. The Morgan fingerprint density at radius 1 is 1.50 bits per heavy atom. The van der Waals surface area contributed by atoms with E-state index >= 15 is 0 Å². The van der Waals surface area contributed by atoms with E-state index in [4.69, 9.17) is 5.73 Å². The molecule has 0 radical (unpaired) electrons. The number of hydrogen-bond donors (Lipinski definition) is 1. The molecule has 0 aliphatic rings. The van der Waals surface area contributed by atoms with Crippen LogP contribution in [0.4, 0.5) is 0 Å². The van der Waals surface area contributed by atoms with Crippen molar-refractivity contribution in [3.63, 3.8) is 0 Å². The molecule has 0 saturated carbocycles. The van der Waals surface area contributed by atoms with Crippen molar-refractivity contribution >= 4 is 15.9 Å². The Bertz CT molecular complexity index is 307. The summed E-state index contributed by atoms with van der Waals surface area (Å²) in [6.07, 6.45) is 2.14. The molecule has 1 rings (SSSR count). The minimum atomic E-state index is 0.434. The molecule has 0 aliphatic heterocycles. The smallest absolute Gasteiger partial charge is 0.0738 e. The predicted octanol–water partition coefficient (Wildman–Crippen LogP) is 2.56. The second-order valence-corrected chi connectivity index (χ2v) is 4.50. The second kappa shape index (κ2) is 4.94. The van der Waals surface area contributed by atoms with Gasteiger partial charge in [-0.1, -0.05) is 0 Å². The van der Waals surface area contributed by atoms with Crippen LogP contribution in [0.3, 0.4) is 0 Å². The highest BCUT2D eigenvalue weighted by Gasteiger charge is 2.13. The Morgan fingerprint density at radius 2 is 2.14 bits per heavy atom. The number of halogens is 1. The predicted molar refractivity (Wildman–Crippen MR) is 62.4 cm³/mol. The van der Waals surface area contributed by atoms with Crippen LogP contribution in [0.2, 0.25) is 0 Å². The highest BCUT2D eigenvalue weighted by Crippen LogP contribution is 2.24. The average Bonchev–Trinajstić information content (AvgIpc) is 2.42. The van der Waals surface area contributed by atoms with Gasteiger partial charge in [0.15, 0.2) is 0 Å². The fourth-order valence-electron chi connectivity index (χ4n) is 1.61. The molecular weight excluding hydrogens is 242 g/mol. The van der Waals surface area contributed by atoms with E-state index in [0.717, 1.165) is 29.6 Å². The Kier molecular flexibility index (Phi) is 4.13. The van der Waals surface area contributed by atoms with Crippen LogP contribution in [0.1, 0.15) is 37.2 Å². The first-order valence-corrected chi connectivity index (χ1v) is 5.78. The van der Waals surface area contributed by atoms with Crippen LogP contribution in [0.5, 0.6) is 0 Å². The molecule has 2 N–H and O–H groups in total. The molecule has 0 saturated heterocycles. The first-order valence-electron chi connectivity index (χ1n) is 4.99. The first-order chi connectivity index (χ1) is 6.57. The van der Waals surface area contributed by atoms with Gasteiger partial charge in [-0.15, -0.1) is 0 Å². The van der Waals surface area contributed by atoms with Gasteiger partial charge in [-0.3, -0.25) is 4.68 Å². The van der Waals surface area contributed by atoms with E-state index < -0.39 is 0 Å². The Morgan fingerprint density at radius 3 is 2.57 bits per heavy atom. The fourth-order valence-corrected chi connectivity index (χ4v) is 1.87. The zero-order valence-corrected chi connectivity index (χ0v) is 10.6. The maximum Gasteiger partial charge on any atom is 0.0738 e. The third kappa shape index (κ3) is 2.36. The van der Waals surface area contributed by atoms with E-state index in [0.29, 0.717) is 6.04 Å². The summed E-state index contributed by atoms with van der Waals surface area (Å²) in [5.74, 6) is 0. The molecule has 1 atom stereocenters. The summed E-state index contributed by atoms with van der Waals surface area (Å²) in [5, 5.41) is 4.49. The third-order valence-corrected chi connectivity index (χ3v) is 3.63. The van der Waals surface area contributed by atoms with Crippen molar-refractivity contribution in [2.45, 2.75) is 39.7 Å². The van der Waals surface area contributed by atoms with Crippen molar-refractivity contribution < 1.29 is 0 Å². The number of nitrogens with zero attached hydrogens (tertiary/aromatic N) is 2. The van der Waals surface area contributed by atoms with E-state index in [1.165, 1.54) is 5.69 Å². The van der Waals surface area contributed by atoms with Gasteiger partial charge in [-0.2, -0.15) is 5.10 Å². The van der Waals surface area contributed by atoms with Crippen LogP contribution in [0.25, 0.3) is 0 Å². The van der Waals surface area contributed by atoms with E-state index in [2.05, 4.69) is 39.6 Å². The van der Waals surface area contributed by atoms with Crippen LogP contribution >= 0.6 is 15.9 Å². The molecule has 0 bridgehead atoms. The molecular formula is C10H18BrN3. The summed E-state index contributed by atoms with van der Waals surface area (Å²) < 4.78 is 3.20. The van der Waals surface area contributed by atoms with E-state index in [-0.39, 0.29) is 0 Å². The molecule has 0 fully saturated rings. The van der Waals surface area contributed by atoms with Crippen molar-refractivity contribution in [3.05, 3.63) is 15.9 Å². The summed E-state index contributed by atoms with van der Waals surface area (Å²) in [5.41, 5.74) is 7.75. The highest BCUT2D eigenvalue weighted by molar-refractivity contribution is 9.10. The van der Waals surface area contributed by atoms with Crippen LogP contribution in [0, 0.1) is 13.8 Å². The molecule has 80 valence electrons. The Labute approximate surface area is 93.8 Å². The fraction of sp³-hybridized carbons (Fsp3) is 0.700. The van der Waals surface area contributed by atoms with Gasteiger partial charge >= 0.3 is 0 Å². The van der Waals surface area contributed by atoms with Gasteiger partial charge in [0.2, 0.25) is 0 Å². The lowest BCUT2D eigenvalue weighted by Gasteiger charge is -2.13. The number of aryl methyl sites for hydroxylation is 1. The van der Waals surface area contributed by atoms with E-state index in [9.17, 15) is 0 Å². The quantitative estimate of drug-likeness (QED) is 0.904. The minimum absolute atomic E-state index is 0.434. The van der Waals surface area contributed by atoms with E-state index in [1.54, 1.807) is 0 Å². The van der Waals surface area contributed by atoms with Crippen molar-refractivity contribution in [2.75, 3.05) is 6.54 Å². The van der Waals surface area contributed by atoms with Gasteiger partial charge in [0, 0.05) is 6.04 Å². The van der Waals surface area contributed by atoms with Crippen LogP contribution in [0.15, 0.2) is 4.47 Å². The molecule has 0 aliphatic carbocycles. The van der Waals surface area contributed by atoms with Crippen LogP contribution in [-0.4, -0.2) is 16.3 Å². The Balaban J connectivity index is 2.79. The molecule has 4 heteroatoms. The van der Waals surface area contributed by atoms with Gasteiger partial charge in [0.1, 0.15) is 0 Å². The summed E-state index contributed by atoms with van der Waals surface area (Å²) in [6.45, 7) is 7.04. The number of aromatic nitrogens is 2.